The van der Waals surface area contributed by atoms with E-state index in [1.54, 1.807) is 16.8 Å². The molecule has 172 valence electrons. The Morgan fingerprint density at radius 2 is 2.00 bits per heavy atom. The summed E-state index contributed by atoms with van der Waals surface area (Å²) >= 11 is 0. The lowest BCUT2D eigenvalue weighted by atomic mass is 10.1. The van der Waals surface area contributed by atoms with Crippen LogP contribution in [0.25, 0.3) is 0 Å². The van der Waals surface area contributed by atoms with E-state index in [4.69, 9.17) is 0 Å². The number of carbonyl (C=O) groups excluding carboxylic acids is 1. The fraction of sp³-hybridized carbons (Fsp3) is 0.308. The van der Waals surface area contributed by atoms with Gasteiger partial charge < -0.3 is 10.6 Å². The van der Waals surface area contributed by atoms with Crippen molar-refractivity contribution in [3.05, 3.63) is 88.5 Å². The van der Waals surface area contributed by atoms with Crippen molar-refractivity contribution in [2.75, 3.05) is 23.7 Å². The number of hydrogen-bond donors (Lipinski definition) is 3. The number of nitrogens with zero attached hydrogens (tertiary/aromatic N) is 2. The third-order valence-electron chi connectivity index (χ3n) is 6.15. The number of aromatic nitrogens is 2. The maximum absolute atomic E-state index is 12.7. The van der Waals surface area contributed by atoms with Crippen LogP contribution in [0.3, 0.4) is 0 Å². The molecule has 2 aromatic carbocycles. The molecule has 1 saturated heterocycles. The highest BCUT2D eigenvalue weighted by atomic mass is 16.2. The predicted molar refractivity (Wildman–Crippen MR) is 133 cm³/mol. The summed E-state index contributed by atoms with van der Waals surface area (Å²) < 4.78 is 1.65. The van der Waals surface area contributed by atoms with Crippen LogP contribution in [-0.2, 0) is 11.3 Å². The summed E-state index contributed by atoms with van der Waals surface area (Å²) in [6, 6.07) is 13.7. The lowest BCUT2D eigenvalue weighted by molar-refractivity contribution is -0.111. The van der Waals surface area contributed by atoms with Gasteiger partial charge in [0.25, 0.3) is 0 Å². The van der Waals surface area contributed by atoms with Gasteiger partial charge in [-0.25, -0.2) is 4.79 Å². The SMILES string of the molecule is C=CC(=O)Nc1cccc([C@H](C)n2cc(Nc3ccc(CN4CCCC4)cc3C)[nH]c2=O)c1. The number of hydrogen-bond acceptors (Lipinski definition) is 4. The summed E-state index contributed by atoms with van der Waals surface area (Å²) in [4.78, 5) is 29.7. The minimum Gasteiger partial charge on any atom is -0.340 e. The van der Waals surface area contributed by atoms with E-state index in [1.807, 2.05) is 25.1 Å². The number of likely N-dealkylation sites (tertiary alicyclic amines) is 1. The Morgan fingerprint density at radius 1 is 1.21 bits per heavy atom. The molecule has 2 heterocycles. The topological polar surface area (TPSA) is 82.2 Å². The van der Waals surface area contributed by atoms with Gasteiger partial charge in [-0.05, 0) is 80.7 Å². The number of carbonyl (C=O) groups is 1. The zero-order chi connectivity index (χ0) is 23.4. The zero-order valence-electron chi connectivity index (χ0n) is 19.2. The van der Waals surface area contributed by atoms with Crippen molar-refractivity contribution < 1.29 is 4.79 Å². The van der Waals surface area contributed by atoms with Crippen molar-refractivity contribution >= 4 is 23.1 Å². The number of aryl methyl sites for hydroxylation is 1. The third-order valence-corrected chi connectivity index (χ3v) is 6.15. The first-order chi connectivity index (χ1) is 15.9. The van der Waals surface area contributed by atoms with Crippen LogP contribution < -0.4 is 16.3 Å². The van der Waals surface area contributed by atoms with Crippen LogP contribution in [0.15, 0.2) is 66.1 Å². The largest absolute Gasteiger partial charge is 0.340 e. The normalized spacial score (nSPS) is 14.7. The highest BCUT2D eigenvalue weighted by Gasteiger charge is 2.15. The van der Waals surface area contributed by atoms with E-state index < -0.39 is 0 Å². The van der Waals surface area contributed by atoms with Crippen molar-refractivity contribution in [2.24, 2.45) is 0 Å². The summed E-state index contributed by atoms with van der Waals surface area (Å²) in [6.45, 7) is 10.8. The highest BCUT2D eigenvalue weighted by Crippen LogP contribution is 2.24. The van der Waals surface area contributed by atoms with Gasteiger partial charge in [-0.2, -0.15) is 0 Å². The number of amides is 1. The number of anilines is 3. The van der Waals surface area contributed by atoms with Crippen LogP contribution in [0.4, 0.5) is 17.2 Å². The van der Waals surface area contributed by atoms with Gasteiger partial charge in [-0.15, -0.1) is 0 Å². The van der Waals surface area contributed by atoms with Crippen molar-refractivity contribution in [1.82, 2.24) is 14.5 Å². The summed E-state index contributed by atoms with van der Waals surface area (Å²) in [6.07, 6.45) is 5.59. The number of benzene rings is 2. The van der Waals surface area contributed by atoms with Crippen molar-refractivity contribution in [3.63, 3.8) is 0 Å². The Morgan fingerprint density at radius 3 is 2.73 bits per heavy atom. The van der Waals surface area contributed by atoms with Gasteiger partial charge in [-0.3, -0.25) is 19.2 Å². The fourth-order valence-electron chi connectivity index (χ4n) is 4.30. The number of nitrogens with one attached hydrogen (secondary N) is 3. The lowest BCUT2D eigenvalue weighted by Crippen LogP contribution is -2.20. The number of imidazole rings is 1. The molecule has 1 aliphatic rings. The maximum Gasteiger partial charge on any atom is 0.327 e. The molecule has 4 rings (SSSR count). The molecule has 0 spiro atoms. The molecule has 3 N–H and O–H groups in total. The molecule has 7 heteroatoms. The van der Waals surface area contributed by atoms with E-state index in [-0.39, 0.29) is 17.6 Å². The van der Waals surface area contributed by atoms with Crippen LogP contribution in [0, 0.1) is 6.92 Å². The van der Waals surface area contributed by atoms with Crippen molar-refractivity contribution in [2.45, 2.75) is 39.3 Å². The average molecular weight is 446 g/mol. The molecule has 3 aromatic rings. The molecule has 1 fully saturated rings. The molecular formula is C26H31N5O2. The molecule has 0 radical (unpaired) electrons. The van der Waals surface area contributed by atoms with Crippen molar-refractivity contribution in [1.29, 1.82) is 0 Å². The molecule has 0 saturated carbocycles. The van der Waals surface area contributed by atoms with E-state index >= 15 is 0 Å². The molecular weight excluding hydrogens is 414 g/mol. The van der Waals surface area contributed by atoms with Crippen LogP contribution in [0.5, 0.6) is 0 Å². The van der Waals surface area contributed by atoms with Gasteiger partial charge in [0.15, 0.2) is 0 Å². The lowest BCUT2D eigenvalue weighted by Gasteiger charge is -2.16. The molecule has 1 aromatic heterocycles. The van der Waals surface area contributed by atoms with Gasteiger partial charge >= 0.3 is 5.69 Å². The maximum atomic E-state index is 12.7. The Hall–Kier alpha value is -3.58. The molecule has 7 nitrogen and oxygen atoms in total. The molecule has 1 amide bonds. The molecule has 33 heavy (non-hydrogen) atoms. The first-order valence-electron chi connectivity index (χ1n) is 11.4. The zero-order valence-corrected chi connectivity index (χ0v) is 19.2. The van der Waals surface area contributed by atoms with Crippen LogP contribution >= 0.6 is 0 Å². The van der Waals surface area contributed by atoms with E-state index in [9.17, 15) is 9.59 Å². The Bertz CT molecular complexity index is 1200. The second-order valence-electron chi connectivity index (χ2n) is 8.63. The Balaban J connectivity index is 1.48. The van der Waals surface area contributed by atoms with Gasteiger partial charge in [-0.1, -0.05) is 30.8 Å². The van der Waals surface area contributed by atoms with E-state index in [2.05, 4.69) is 52.2 Å². The first kappa shape index (κ1) is 22.6. The monoisotopic (exact) mass is 445 g/mol. The minimum atomic E-state index is -0.271. The van der Waals surface area contributed by atoms with Gasteiger partial charge in [0.2, 0.25) is 5.91 Å². The van der Waals surface area contributed by atoms with Gasteiger partial charge in [0, 0.05) is 17.9 Å². The number of rotatable bonds is 8. The second kappa shape index (κ2) is 9.92. The van der Waals surface area contributed by atoms with Gasteiger partial charge in [0.1, 0.15) is 5.82 Å². The van der Waals surface area contributed by atoms with E-state index in [0.717, 1.165) is 23.4 Å². The minimum absolute atomic E-state index is 0.200. The Labute approximate surface area is 194 Å². The summed E-state index contributed by atoms with van der Waals surface area (Å²) in [5.41, 5.74) is 4.79. The molecule has 0 aliphatic carbocycles. The molecule has 1 aliphatic heterocycles. The summed E-state index contributed by atoms with van der Waals surface area (Å²) in [5, 5.41) is 6.10. The molecule has 0 unspecified atom stereocenters. The average Bonchev–Trinajstić information content (AvgIpc) is 3.44. The smallest absolute Gasteiger partial charge is 0.327 e. The summed E-state index contributed by atoms with van der Waals surface area (Å²) in [7, 11) is 0. The molecule has 0 bridgehead atoms. The van der Waals surface area contributed by atoms with Gasteiger partial charge in [0.05, 0.1) is 12.2 Å². The standard InChI is InChI=1S/C26H31N5O2/c1-4-25(32)27-22-9-7-8-21(15-22)19(3)31-17-24(29-26(31)33)28-23-11-10-20(14-18(23)2)16-30-12-5-6-13-30/h4,7-11,14-15,17,19,28H,1,5-6,12-13,16H2,2-3H3,(H,27,32)(H,29,33)/t19-/m0/s1. The predicted octanol–water partition coefficient (Wildman–Crippen LogP) is 4.56. The number of aromatic amines is 1. The van der Waals surface area contributed by atoms with Crippen LogP contribution in [-0.4, -0.2) is 33.4 Å². The summed E-state index contributed by atoms with van der Waals surface area (Å²) in [5.74, 6) is 0.366. The highest BCUT2D eigenvalue weighted by molar-refractivity contribution is 5.98. The molecule has 1 atom stereocenters. The third kappa shape index (κ3) is 5.43. The first-order valence-corrected chi connectivity index (χ1v) is 11.4. The van der Waals surface area contributed by atoms with E-state index in [0.29, 0.717) is 11.5 Å². The fourth-order valence-corrected chi connectivity index (χ4v) is 4.30. The van der Waals surface area contributed by atoms with Crippen LogP contribution in [0.1, 0.15) is 42.5 Å². The van der Waals surface area contributed by atoms with E-state index in [1.165, 1.54) is 37.6 Å². The van der Waals surface area contributed by atoms with Crippen LogP contribution in [0.2, 0.25) is 0 Å². The van der Waals surface area contributed by atoms with Crippen molar-refractivity contribution in [3.8, 4) is 0 Å². The second-order valence-corrected chi connectivity index (χ2v) is 8.63. The quantitative estimate of drug-likeness (QED) is 0.444. The Kier molecular flexibility index (Phi) is 6.79. The number of H-pyrrole nitrogens is 1.